The van der Waals surface area contributed by atoms with E-state index in [-0.39, 0.29) is 11.4 Å². The molecule has 2 heterocycles. The summed E-state index contributed by atoms with van der Waals surface area (Å²) in [5.74, 6) is 2.37. The molecule has 8 heteroatoms. The maximum Gasteiger partial charge on any atom is 0.416 e. The Kier molecular flexibility index (Phi) is 8.61. The minimum atomic E-state index is -0.401. The van der Waals surface area contributed by atoms with Crippen molar-refractivity contribution in [1.29, 1.82) is 0 Å². The Morgan fingerprint density at radius 2 is 1.87 bits per heavy atom. The van der Waals surface area contributed by atoms with Gasteiger partial charge in [0.05, 0.1) is 12.0 Å². The van der Waals surface area contributed by atoms with Crippen LogP contribution in [0, 0.1) is 0 Å². The molecule has 0 saturated heterocycles. The van der Waals surface area contributed by atoms with Gasteiger partial charge in [0.2, 0.25) is 0 Å². The number of carbonyl (C=O) groups is 1. The second-order valence-corrected chi connectivity index (χ2v) is 12.5. The van der Waals surface area contributed by atoms with E-state index in [0.717, 1.165) is 52.6 Å². The van der Waals surface area contributed by atoms with Crippen LogP contribution in [0.4, 0.5) is 4.79 Å². The number of halogens is 2. The van der Waals surface area contributed by atoms with Crippen molar-refractivity contribution in [2.45, 2.75) is 49.8 Å². The highest BCUT2D eigenvalue weighted by molar-refractivity contribution is 7.99. The number of alkyl halides is 1. The van der Waals surface area contributed by atoms with Crippen LogP contribution in [0.25, 0.3) is 12.2 Å². The summed E-state index contributed by atoms with van der Waals surface area (Å²) in [6, 6.07) is 14.6. The predicted molar refractivity (Wildman–Crippen MR) is 157 cm³/mol. The van der Waals surface area contributed by atoms with E-state index in [1.807, 2.05) is 36.0 Å². The maximum atomic E-state index is 13.5. The molecule has 200 valence electrons. The van der Waals surface area contributed by atoms with Crippen LogP contribution in [0.5, 0.6) is 11.5 Å². The van der Waals surface area contributed by atoms with Gasteiger partial charge in [0, 0.05) is 27.8 Å². The molecule has 0 fully saturated rings. The summed E-state index contributed by atoms with van der Waals surface area (Å²) in [4.78, 5) is 18.8. The molecule has 2 atom stereocenters. The lowest BCUT2D eigenvalue weighted by molar-refractivity contribution is 0.135. The monoisotopic (exact) mass is 570 g/mol. The summed E-state index contributed by atoms with van der Waals surface area (Å²) in [6.07, 6.45) is 6.37. The zero-order valence-electron chi connectivity index (χ0n) is 21.6. The Morgan fingerprint density at radius 1 is 1.13 bits per heavy atom. The van der Waals surface area contributed by atoms with E-state index in [9.17, 15) is 4.79 Å². The predicted octanol–water partition coefficient (Wildman–Crippen LogP) is 6.30. The number of nitrogens with one attached hydrogen (secondary N) is 1. The van der Waals surface area contributed by atoms with E-state index < -0.39 is 6.09 Å². The third-order valence-corrected chi connectivity index (χ3v) is 8.50. The van der Waals surface area contributed by atoms with Crippen LogP contribution in [0.15, 0.2) is 48.5 Å². The van der Waals surface area contributed by atoms with Gasteiger partial charge in [-0.2, -0.15) is 11.8 Å². The SMILES string of the molecule is CC(C)SCCCOc1ccc(C2c3[nH]c4c(c3CCN2C(=O)Oc2ccc(Cl)cc2)=CC(Cl)CC=4)cc1. The highest BCUT2D eigenvalue weighted by atomic mass is 35.5. The first-order valence-electron chi connectivity index (χ1n) is 13.0. The Balaban J connectivity index is 1.41. The third-order valence-electron chi connectivity index (χ3n) is 6.75. The summed E-state index contributed by atoms with van der Waals surface area (Å²) in [5.41, 5.74) is 3.21. The fourth-order valence-corrected chi connectivity index (χ4v) is 6.06. The summed E-state index contributed by atoms with van der Waals surface area (Å²) in [7, 11) is 0. The second kappa shape index (κ2) is 12.1. The summed E-state index contributed by atoms with van der Waals surface area (Å²) >= 11 is 14.4. The summed E-state index contributed by atoms with van der Waals surface area (Å²) < 4.78 is 11.7. The number of hydrogen-bond donors (Lipinski definition) is 1. The van der Waals surface area contributed by atoms with Crippen LogP contribution >= 0.6 is 35.0 Å². The lowest BCUT2D eigenvalue weighted by Gasteiger charge is -2.35. The van der Waals surface area contributed by atoms with Crippen molar-refractivity contribution in [2.24, 2.45) is 0 Å². The van der Waals surface area contributed by atoms with Gasteiger partial charge in [0.15, 0.2) is 0 Å². The molecule has 5 nitrogen and oxygen atoms in total. The minimum absolute atomic E-state index is 0.0240. The molecule has 1 amide bonds. The van der Waals surface area contributed by atoms with Crippen LogP contribution in [-0.2, 0) is 6.42 Å². The van der Waals surface area contributed by atoms with Gasteiger partial charge in [-0.15, -0.1) is 11.6 Å². The highest BCUT2D eigenvalue weighted by Gasteiger charge is 2.35. The number of nitrogens with zero attached hydrogens (tertiary/aromatic N) is 1. The average Bonchev–Trinajstić information content (AvgIpc) is 3.27. The first-order valence-corrected chi connectivity index (χ1v) is 14.9. The molecule has 0 spiro atoms. The topological polar surface area (TPSA) is 54.6 Å². The molecule has 0 bridgehead atoms. The quantitative estimate of drug-likeness (QED) is 0.255. The molecule has 2 aliphatic rings. The molecule has 38 heavy (non-hydrogen) atoms. The van der Waals surface area contributed by atoms with Gasteiger partial charge >= 0.3 is 6.09 Å². The zero-order valence-corrected chi connectivity index (χ0v) is 23.9. The molecule has 0 saturated carbocycles. The van der Waals surface area contributed by atoms with Crippen molar-refractivity contribution in [3.05, 3.63) is 80.9 Å². The number of amides is 1. The number of thioether (sulfide) groups is 1. The highest BCUT2D eigenvalue weighted by Crippen LogP contribution is 2.34. The number of fused-ring (bicyclic) bond motifs is 3. The summed E-state index contributed by atoms with van der Waals surface area (Å²) in [6.45, 7) is 5.63. The number of aromatic amines is 1. The van der Waals surface area contributed by atoms with Crippen molar-refractivity contribution in [3.63, 3.8) is 0 Å². The van der Waals surface area contributed by atoms with Gasteiger partial charge in [-0.1, -0.05) is 49.7 Å². The van der Waals surface area contributed by atoms with Gasteiger partial charge < -0.3 is 14.5 Å². The zero-order chi connectivity index (χ0) is 26.6. The number of benzene rings is 2. The molecule has 1 aromatic heterocycles. The average molecular weight is 572 g/mol. The molecule has 1 aliphatic heterocycles. The van der Waals surface area contributed by atoms with Crippen LogP contribution in [0.2, 0.25) is 5.02 Å². The van der Waals surface area contributed by atoms with E-state index in [1.54, 1.807) is 29.2 Å². The second-order valence-electron chi connectivity index (χ2n) is 9.83. The lowest BCUT2D eigenvalue weighted by Crippen LogP contribution is -2.43. The smallest absolute Gasteiger partial charge is 0.416 e. The van der Waals surface area contributed by atoms with E-state index in [4.69, 9.17) is 32.7 Å². The number of rotatable bonds is 8. The van der Waals surface area contributed by atoms with Crippen molar-refractivity contribution in [3.8, 4) is 11.5 Å². The molecule has 1 N–H and O–H groups in total. The van der Waals surface area contributed by atoms with Gasteiger partial charge in [-0.25, -0.2) is 4.79 Å². The molecular formula is C30H32Cl2N2O3S. The van der Waals surface area contributed by atoms with E-state index in [1.165, 1.54) is 5.56 Å². The number of H-pyrrole nitrogens is 1. The fraction of sp³-hybridized carbons (Fsp3) is 0.367. The van der Waals surface area contributed by atoms with Crippen molar-refractivity contribution in [1.82, 2.24) is 9.88 Å². The Bertz CT molecular complexity index is 1390. The minimum Gasteiger partial charge on any atom is -0.494 e. The van der Waals surface area contributed by atoms with Gasteiger partial charge in [0.25, 0.3) is 0 Å². The van der Waals surface area contributed by atoms with Crippen molar-refractivity contribution in [2.75, 3.05) is 18.9 Å². The van der Waals surface area contributed by atoms with Crippen molar-refractivity contribution < 1.29 is 14.3 Å². The van der Waals surface area contributed by atoms with Gasteiger partial charge in [-0.05, 0) is 77.8 Å². The van der Waals surface area contributed by atoms with Gasteiger partial charge in [-0.3, -0.25) is 4.90 Å². The van der Waals surface area contributed by atoms with Crippen molar-refractivity contribution >= 4 is 53.2 Å². The molecule has 5 rings (SSSR count). The number of aromatic nitrogens is 1. The fourth-order valence-electron chi connectivity index (χ4n) is 4.97. The lowest BCUT2D eigenvalue weighted by atomic mass is 9.92. The maximum absolute atomic E-state index is 13.5. The van der Waals surface area contributed by atoms with Crippen LogP contribution in [-0.4, -0.2) is 45.5 Å². The first kappa shape index (κ1) is 27.0. The van der Waals surface area contributed by atoms with Crippen LogP contribution < -0.4 is 20.0 Å². The number of carbonyl (C=O) groups excluding carboxylic acids is 1. The molecule has 0 radical (unpaired) electrons. The van der Waals surface area contributed by atoms with Gasteiger partial charge in [0.1, 0.15) is 17.5 Å². The normalized spacial score (nSPS) is 18.3. The molecule has 2 unspecified atom stereocenters. The Morgan fingerprint density at radius 3 is 2.61 bits per heavy atom. The van der Waals surface area contributed by atoms with Crippen LogP contribution in [0.1, 0.15) is 49.6 Å². The molecular weight excluding hydrogens is 539 g/mol. The van der Waals surface area contributed by atoms with E-state index >= 15 is 0 Å². The largest absolute Gasteiger partial charge is 0.494 e. The standard InChI is InChI=1S/C30H32Cl2N2O3S/c1-19(2)38-17-3-16-36-23-9-4-20(5-10-23)29-28-25(26-18-22(32)8-13-27(26)33-28)14-15-34(29)30(35)37-24-11-6-21(31)7-12-24/h4-7,9-13,18-19,22,29,33H,3,8,14-17H2,1-2H3. The molecule has 2 aromatic carbocycles. The van der Waals surface area contributed by atoms with E-state index in [2.05, 4.69) is 31.0 Å². The molecule has 3 aromatic rings. The molecule has 1 aliphatic carbocycles. The first-order chi connectivity index (χ1) is 18.4. The third kappa shape index (κ3) is 6.19. The summed E-state index contributed by atoms with van der Waals surface area (Å²) in [5, 5.41) is 3.43. The number of ether oxygens (including phenoxy) is 2. The number of hydrogen-bond acceptors (Lipinski definition) is 4. The van der Waals surface area contributed by atoms with E-state index in [0.29, 0.717) is 29.2 Å². The Hall–Kier alpha value is -2.54. The Labute approximate surface area is 237 Å². The van der Waals surface area contributed by atoms with Crippen LogP contribution in [0.3, 0.4) is 0 Å².